The standard InChI is InChI=1S/C15H27NO3/c1-12(2,3)19-11(17)16(6)15-8-14(9-15,10-15)13(4,5)18-7/h8-10H2,1-7H3. The Bertz CT molecular complexity index is 375. The summed E-state index contributed by atoms with van der Waals surface area (Å²) in [5, 5.41) is 0. The van der Waals surface area contributed by atoms with Gasteiger partial charge in [0, 0.05) is 25.1 Å². The number of methoxy groups -OCH3 is 1. The fraction of sp³-hybridized carbons (Fsp3) is 0.933. The van der Waals surface area contributed by atoms with Crippen molar-refractivity contribution in [3.05, 3.63) is 0 Å². The summed E-state index contributed by atoms with van der Waals surface area (Å²) < 4.78 is 11.1. The molecular formula is C15H27NO3. The van der Waals surface area contributed by atoms with E-state index in [1.54, 1.807) is 12.0 Å². The smallest absolute Gasteiger partial charge is 0.410 e. The highest BCUT2D eigenvalue weighted by Crippen LogP contribution is 2.74. The Morgan fingerprint density at radius 3 is 1.95 bits per heavy atom. The predicted molar refractivity (Wildman–Crippen MR) is 74.1 cm³/mol. The van der Waals surface area contributed by atoms with Crippen LogP contribution in [0.25, 0.3) is 0 Å². The summed E-state index contributed by atoms with van der Waals surface area (Å²) in [6.07, 6.45) is 2.86. The van der Waals surface area contributed by atoms with Crippen molar-refractivity contribution in [2.24, 2.45) is 5.41 Å². The zero-order valence-corrected chi connectivity index (χ0v) is 13.3. The SMILES string of the molecule is COC(C)(C)C12CC(N(C)C(=O)OC(C)(C)C)(C1)C2. The third kappa shape index (κ3) is 2.04. The van der Waals surface area contributed by atoms with Gasteiger partial charge in [-0.3, -0.25) is 0 Å². The minimum atomic E-state index is -0.432. The zero-order valence-electron chi connectivity index (χ0n) is 13.3. The van der Waals surface area contributed by atoms with Gasteiger partial charge in [-0.05, 0) is 53.9 Å². The van der Waals surface area contributed by atoms with Crippen molar-refractivity contribution >= 4 is 6.09 Å². The molecule has 4 nitrogen and oxygen atoms in total. The Morgan fingerprint density at radius 1 is 1.11 bits per heavy atom. The fourth-order valence-electron chi connectivity index (χ4n) is 3.47. The summed E-state index contributed by atoms with van der Waals surface area (Å²) in [7, 11) is 3.63. The molecule has 0 saturated heterocycles. The molecule has 1 amide bonds. The lowest BCUT2D eigenvalue weighted by Gasteiger charge is -2.76. The molecule has 0 aromatic heterocycles. The zero-order chi connectivity index (χ0) is 14.7. The average Bonchev–Trinajstić information content (AvgIpc) is 2.10. The van der Waals surface area contributed by atoms with Crippen molar-refractivity contribution < 1.29 is 14.3 Å². The molecule has 3 aliphatic rings. The predicted octanol–water partition coefficient (Wildman–Crippen LogP) is 3.20. The minimum Gasteiger partial charge on any atom is -0.444 e. The monoisotopic (exact) mass is 269 g/mol. The van der Waals surface area contributed by atoms with Gasteiger partial charge in [-0.25, -0.2) is 4.79 Å². The highest BCUT2D eigenvalue weighted by molar-refractivity contribution is 5.70. The van der Waals surface area contributed by atoms with E-state index in [1.807, 2.05) is 27.8 Å². The van der Waals surface area contributed by atoms with Gasteiger partial charge in [-0.15, -0.1) is 0 Å². The molecule has 0 aromatic carbocycles. The number of nitrogens with zero attached hydrogens (tertiary/aromatic N) is 1. The molecule has 0 N–H and O–H groups in total. The summed E-state index contributed by atoms with van der Waals surface area (Å²) >= 11 is 0. The normalized spacial score (nSPS) is 33.2. The third-order valence-electron chi connectivity index (χ3n) is 5.17. The van der Waals surface area contributed by atoms with E-state index in [4.69, 9.17) is 9.47 Å². The first-order valence-corrected chi connectivity index (χ1v) is 6.99. The maximum Gasteiger partial charge on any atom is 0.410 e. The van der Waals surface area contributed by atoms with Crippen molar-refractivity contribution in [1.29, 1.82) is 0 Å². The third-order valence-corrected chi connectivity index (χ3v) is 5.17. The molecule has 0 unspecified atom stereocenters. The molecule has 19 heavy (non-hydrogen) atoms. The van der Waals surface area contributed by atoms with Crippen LogP contribution in [0.1, 0.15) is 53.9 Å². The van der Waals surface area contributed by atoms with Gasteiger partial charge in [-0.2, -0.15) is 0 Å². The molecule has 3 rings (SSSR count). The first kappa shape index (κ1) is 14.6. The van der Waals surface area contributed by atoms with Crippen LogP contribution < -0.4 is 0 Å². The Hall–Kier alpha value is -0.770. The summed E-state index contributed by atoms with van der Waals surface area (Å²) in [6.45, 7) is 9.98. The second-order valence-corrected chi connectivity index (χ2v) is 7.79. The van der Waals surface area contributed by atoms with E-state index in [0.717, 1.165) is 19.3 Å². The van der Waals surface area contributed by atoms with E-state index >= 15 is 0 Å². The summed E-state index contributed by atoms with van der Waals surface area (Å²) in [4.78, 5) is 13.9. The number of rotatable bonds is 3. The summed E-state index contributed by atoms with van der Waals surface area (Å²) in [6, 6.07) is 0. The van der Waals surface area contributed by atoms with E-state index in [2.05, 4.69) is 13.8 Å². The van der Waals surface area contributed by atoms with Crippen LogP contribution in [0.3, 0.4) is 0 Å². The Kier molecular flexibility index (Phi) is 2.98. The molecule has 0 aromatic rings. The second-order valence-electron chi connectivity index (χ2n) is 7.79. The lowest BCUT2D eigenvalue weighted by atomic mass is 9.34. The maximum absolute atomic E-state index is 12.1. The highest BCUT2D eigenvalue weighted by Gasteiger charge is 2.75. The molecule has 0 aliphatic heterocycles. The van der Waals surface area contributed by atoms with Crippen molar-refractivity contribution in [1.82, 2.24) is 4.90 Å². The molecular weight excluding hydrogens is 242 g/mol. The van der Waals surface area contributed by atoms with Crippen LogP contribution in [-0.4, -0.2) is 41.9 Å². The number of carbonyl (C=O) groups is 1. The van der Waals surface area contributed by atoms with E-state index in [-0.39, 0.29) is 22.6 Å². The Balaban J connectivity index is 1.96. The second kappa shape index (κ2) is 3.87. The minimum absolute atomic E-state index is 0.0120. The fourth-order valence-corrected chi connectivity index (χ4v) is 3.47. The van der Waals surface area contributed by atoms with E-state index in [9.17, 15) is 4.79 Å². The Labute approximate surface area is 116 Å². The molecule has 4 heteroatoms. The van der Waals surface area contributed by atoms with Crippen LogP contribution in [0.15, 0.2) is 0 Å². The van der Waals surface area contributed by atoms with Gasteiger partial charge in [0.2, 0.25) is 0 Å². The molecule has 3 saturated carbocycles. The largest absolute Gasteiger partial charge is 0.444 e. The van der Waals surface area contributed by atoms with Gasteiger partial charge in [0.05, 0.1) is 5.60 Å². The average molecular weight is 269 g/mol. The van der Waals surface area contributed by atoms with Gasteiger partial charge in [0.1, 0.15) is 5.60 Å². The van der Waals surface area contributed by atoms with E-state index in [1.165, 1.54) is 0 Å². The van der Waals surface area contributed by atoms with Crippen molar-refractivity contribution in [3.63, 3.8) is 0 Å². The molecule has 0 heterocycles. The molecule has 3 aliphatic carbocycles. The quantitative estimate of drug-likeness (QED) is 0.789. The van der Waals surface area contributed by atoms with Crippen LogP contribution >= 0.6 is 0 Å². The lowest BCUT2D eigenvalue weighted by Crippen LogP contribution is -2.80. The van der Waals surface area contributed by atoms with Gasteiger partial charge in [0.25, 0.3) is 0 Å². The van der Waals surface area contributed by atoms with Crippen LogP contribution in [0.5, 0.6) is 0 Å². The number of amides is 1. The highest BCUT2D eigenvalue weighted by atomic mass is 16.6. The molecule has 3 fully saturated rings. The van der Waals surface area contributed by atoms with Gasteiger partial charge >= 0.3 is 6.09 Å². The first-order valence-electron chi connectivity index (χ1n) is 6.99. The van der Waals surface area contributed by atoms with Crippen molar-refractivity contribution in [2.75, 3.05) is 14.2 Å². The number of hydrogen-bond acceptors (Lipinski definition) is 3. The van der Waals surface area contributed by atoms with E-state index < -0.39 is 5.60 Å². The molecule has 0 radical (unpaired) electrons. The lowest BCUT2D eigenvalue weighted by molar-refractivity contribution is -0.287. The Morgan fingerprint density at radius 2 is 1.58 bits per heavy atom. The van der Waals surface area contributed by atoms with Crippen LogP contribution in [0.4, 0.5) is 4.79 Å². The van der Waals surface area contributed by atoms with Crippen LogP contribution in [0, 0.1) is 5.41 Å². The van der Waals surface area contributed by atoms with Gasteiger partial charge < -0.3 is 14.4 Å². The maximum atomic E-state index is 12.1. The van der Waals surface area contributed by atoms with Crippen molar-refractivity contribution in [3.8, 4) is 0 Å². The summed E-state index contributed by atoms with van der Waals surface area (Å²) in [5.41, 5.74) is -0.280. The number of carbonyl (C=O) groups excluding carboxylic acids is 1. The van der Waals surface area contributed by atoms with Crippen LogP contribution in [0.2, 0.25) is 0 Å². The molecule has 110 valence electrons. The topological polar surface area (TPSA) is 38.8 Å². The van der Waals surface area contributed by atoms with Gasteiger partial charge in [-0.1, -0.05) is 0 Å². The van der Waals surface area contributed by atoms with Gasteiger partial charge in [0.15, 0.2) is 0 Å². The molecule has 0 atom stereocenters. The number of hydrogen-bond donors (Lipinski definition) is 0. The van der Waals surface area contributed by atoms with Crippen molar-refractivity contribution in [2.45, 2.75) is 70.6 Å². The first-order chi connectivity index (χ1) is 8.47. The molecule has 0 spiro atoms. The number of ether oxygens (including phenoxy) is 2. The summed E-state index contributed by atoms with van der Waals surface area (Å²) in [5.74, 6) is 0. The molecule has 2 bridgehead atoms. The van der Waals surface area contributed by atoms with E-state index in [0.29, 0.717) is 0 Å². The van der Waals surface area contributed by atoms with Crippen LogP contribution in [-0.2, 0) is 9.47 Å².